The van der Waals surface area contributed by atoms with Crippen LogP contribution >= 0.6 is 0 Å². The maximum absolute atomic E-state index is 0. The molecule has 10 heteroatoms. The van der Waals surface area contributed by atoms with Gasteiger partial charge >= 0.3 is 16.5 Å². The third-order valence-corrected chi connectivity index (χ3v) is 0. The Labute approximate surface area is 66.7 Å². The summed E-state index contributed by atoms with van der Waals surface area (Å²) in [5.41, 5.74) is 0. The molecule has 0 rings (SSSR count). The van der Waals surface area contributed by atoms with Gasteiger partial charge in [-0.1, -0.05) is 0 Å². The minimum absolute atomic E-state index is 0. The quantitative estimate of drug-likeness (QED) is 0.344. The van der Waals surface area contributed by atoms with Gasteiger partial charge in [0.1, 0.15) is 0 Å². The van der Waals surface area contributed by atoms with Crippen LogP contribution in [0.25, 0.3) is 0 Å². The number of rotatable bonds is 0. The molecule has 0 amide bonds. The maximum Gasteiger partial charge on any atom is 2.00 e. The topological polar surface area (TPSA) is 284 Å². The van der Waals surface area contributed by atoms with Gasteiger partial charge in [-0.3, -0.25) is 0 Å². The van der Waals surface area contributed by atoms with Gasteiger partial charge < -0.3 is 49.3 Å². The van der Waals surface area contributed by atoms with E-state index in [1.54, 1.807) is 0 Å². The van der Waals surface area contributed by atoms with E-state index in [-0.39, 0.29) is 65.8 Å². The minimum Gasteiger partial charge on any atom is -0.412 e. The summed E-state index contributed by atoms with van der Waals surface area (Å²) in [6.07, 6.45) is 0. The second-order valence-electron chi connectivity index (χ2n) is 0. The molecule has 0 bridgehead atoms. The zero-order valence-corrected chi connectivity index (χ0v) is 5.80. The van der Waals surface area contributed by atoms with Crippen LogP contribution in [0, 0.1) is 0 Å². The fourth-order valence-electron chi connectivity index (χ4n) is 0. The van der Waals surface area contributed by atoms with E-state index in [0.29, 0.717) is 0 Å². The normalized spacial score (nSPS) is 0. The summed E-state index contributed by atoms with van der Waals surface area (Å²) in [4.78, 5) is 0. The van der Waals surface area contributed by atoms with Crippen molar-refractivity contribution in [3.05, 3.63) is 0 Å². The molecular formula is H18NiO9+2. The van der Waals surface area contributed by atoms with Crippen LogP contribution in [0.1, 0.15) is 0 Å². The Kier molecular flexibility index (Phi) is 161000000. The van der Waals surface area contributed by atoms with E-state index in [2.05, 4.69) is 0 Å². The molecule has 0 atom stereocenters. The summed E-state index contributed by atoms with van der Waals surface area (Å²) < 4.78 is 0. The van der Waals surface area contributed by atoms with E-state index in [9.17, 15) is 0 Å². The molecule has 0 saturated heterocycles. The van der Waals surface area contributed by atoms with Crippen LogP contribution in [0.3, 0.4) is 0 Å². The smallest absolute Gasteiger partial charge is 0.412 e. The summed E-state index contributed by atoms with van der Waals surface area (Å²) in [6.45, 7) is 0. The first-order chi connectivity index (χ1) is 0. The molecule has 0 fully saturated rings. The molecule has 0 aromatic rings. The molecule has 0 aliphatic rings. The first-order valence-corrected chi connectivity index (χ1v) is 0. The van der Waals surface area contributed by atoms with E-state index < -0.39 is 0 Å². The number of hydrogen-bond donors (Lipinski definition) is 0. The maximum atomic E-state index is 0. The van der Waals surface area contributed by atoms with Crippen molar-refractivity contribution in [1.82, 2.24) is 0 Å². The van der Waals surface area contributed by atoms with Gasteiger partial charge in [-0.15, -0.1) is 0 Å². The van der Waals surface area contributed by atoms with Crippen molar-refractivity contribution in [2.45, 2.75) is 0 Å². The zero-order valence-electron chi connectivity index (χ0n) is 4.82. The van der Waals surface area contributed by atoms with E-state index in [1.807, 2.05) is 0 Å². The van der Waals surface area contributed by atoms with Crippen molar-refractivity contribution >= 4 is 0 Å². The summed E-state index contributed by atoms with van der Waals surface area (Å²) >= 11 is 0. The van der Waals surface area contributed by atoms with Gasteiger partial charge in [0.05, 0.1) is 0 Å². The van der Waals surface area contributed by atoms with Crippen LogP contribution < -0.4 is 0 Å². The van der Waals surface area contributed by atoms with Gasteiger partial charge in [0.25, 0.3) is 0 Å². The van der Waals surface area contributed by atoms with Crippen molar-refractivity contribution in [2.75, 3.05) is 0 Å². The van der Waals surface area contributed by atoms with Crippen LogP contribution in [0.15, 0.2) is 0 Å². The van der Waals surface area contributed by atoms with Gasteiger partial charge in [0, 0.05) is 0 Å². The predicted molar refractivity (Wildman–Crippen MR) is 32.5 cm³/mol. The average Bonchev–Trinajstić information content (AvgIpc) is 0. The molecule has 0 aliphatic carbocycles. The Morgan fingerprint density at radius 3 is 0.200 bits per heavy atom. The third kappa shape index (κ3) is 23200. The Morgan fingerprint density at radius 1 is 0.200 bits per heavy atom. The van der Waals surface area contributed by atoms with Crippen molar-refractivity contribution < 1.29 is 65.8 Å². The summed E-state index contributed by atoms with van der Waals surface area (Å²) in [6, 6.07) is 0. The molecule has 10 heavy (non-hydrogen) atoms. The molecule has 0 heterocycles. The third-order valence-electron chi connectivity index (χ3n) is 0. The number of hydrogen-bond acceptors (Lipinski definition) is 0. The Balaban J connectivity index is 0. The second-order valence-corrected chi connectivity index (χ2v) is 0. The summed E-state index contributed by atoms with van der Waals surface area (Å²) in [5, 5.41) is 0. The van der Waals surface area contributed by atoms with E-state index >= 15 is 0 Å². The Bertz CT molecular complexity index is 4.69. The van der Waals surface area contributed by atoms with Gasteiger partial charge in [-0.2, -0.15) is 0 Å². The van der Waals surface area contributed by atoms with Crippen LogP contribution in [0.4, 0.5) is 0 Å². The van der Waals surface area contributed by atoms with Crippen molar-refractivity contribution in [1.29, 1.82) is 0 Å². The fourth-order valence-corrected chi connectivity index (χ4v) is 0. The summed E-state index contributed by atoms with van der Waals surface area (Å²) in [7, 11) is 0. The largest absolute Gasteiger partial charge is 2.00 e. The molecule has 0 aromatic heterocycles. The van der Waals surface area contributed by atoms with E-state index in [4.69, 9.17) is 0 Å². The zero-order chi connectivity index (χ0) is 0. The second kappa shape index (κ2) is 33900. The molecular weight excluding hydrogens is 203 g/mol. The molecule has 0 spiro atoms. The monoisotopic (exact) mass is 220 g/mol. The van der Waals surface area contributed by atoms with Crippen LogP contribution in [0.2, 0.25) is 0 Å². The van der Waals surface area contributed by atoms with Crippen molar-refractivity contribution in [2.24, 2.45) is 0 Å². The van der Waals surface area contributed by atoms with Crippen molar-refractivity contribution in [3.63, 3.8) is 0 Å². The fraction of sp³-hybridized carbons (Fsp3) is 0. The Morgan fingerprint density at radius 2 is 0.200 bits per heavy atom. The van der Waals surface area contributed by atoms with Gasteiger partial charge in [-0.25, -0.2) is 0 Å². The van der Waals surface area contributed by atoms with Crippen LogP contribution in [0.5, 0.6) is 0 Å². The molecule has 0 unspecified atom stereocenters. The molecule has 0 aromatic carbocycles. The van der Waals surface area contributed by atoms with E-state index in [0.717, 1.165) is 0 Å². The first kappa shape index (κ1) is 47400. The SMILES string of the molecule is O.O.O.O.O.O.O.O.O.[Ni+2]. The van der Waals surface area contributed by atoms with Gasteiger partial charge in [0.15, 0.2) is 0 Å². The molecule has 0 radical (unpaired) electrons. The predicted octanol–water partition coefficient (Wildman–Crippen LogP) is -7.42. The van der Waals surface area contributed by atoms with Gasteiger partial charge in [0.2, 0.25) is 0 Å². The first-order valence-electron chi connectivity index (χ1n) is 0. The van der Waals surface area contributed by atoms with Crippen LogP contribution in [-0.2, 0) is 16.5 Å². The molecule has 80 valence electrons. The molecule has 18 N–H and O–H groups in total. The van der Waals surface area contributed by atoms with E-state index in [1.165, 1.54) is 0 Å². The molecule has 0 aliphatic heterocycles. The van der Waals surface area contributed by atoms with Gasteiger partial charge in [-0.05, 0) is 0 Å². The molecule has 0 saturated carbocycles. The minimum atomic E-state index is 0. The molecule has 9 nitrogen and oxygen atoms in total. The van der Waals surface area contributed by atoms with Crippen LogP contribution in [-0.4, -0.2) is 49.3 Å². The summed E-state index contributed by atoms with van der Waals surface area (Å²) in [5.74, 6) is 0. The standard InChI is InChI=1S/Ni.9H2O/h;9*1H2/q+2;;;;;;;;;. The van der Waals surface area contributed by atoms with Crippen molar-refractivity contribution in [3.8, 4) is 0 Å². The average molecular weight is 221 g/mol. The Hall–Kier alpha value is 0.134.